The van der Waals surface area contributed by atoms with Crippen LogP contribution in [0.1, 0.15) is 11.1 Å². The van der Waals surface area contributed by atoms with Crippen molar-refractivity contribution in [2.75, 3.05) is 26.3 Å². The van der Waals surface area contributed by atoms with Crippen LogP contribution in [0.5, 0.6) is 23.0 Å². The van der Waals surface area contributed by atoms with Crippen LogP contribution in [-0.2, 0) is 16.1 Å². The predicted octanol–water partition coefficient (Wildman–Crippen LogP) is 3.82. The maximum absolute atomic E-state index is 13.6. The number of para-hydroxylation sites is 2. The highest BCUT2D eigenvalue weighted by Gasteiger charge is 2.40. The van der Waals surface area contributed by atoms with E-state index in [-0.39, 0.29) is 24.6 Å². The predicted molar refractivity (Wildman–Crippen MR) is 125 cm³/mol. The summed E-state index contributed by atoms with van der Waals surface area (Å²) in [7, 11) is 3.08. The number of imide groups is 1. The molecule has 0 spiro atoms. The molecule has 5 rings (SSSR count). The number of methoxy groups -OCH3 is 2. The van der Waals surface area contributed by atoms with Crippen LogP contribution < -0.4 is 24.3 Å². The van der Waals surface area contributed by atoms with Crippen molar-refractivity contribution in [2.24, 2.45) is 0 Å². The highest BCUT2D eigenvalue weighted by Crippen LogP contribution is 2.39. The summed E-state index contributed by atoms with van der Waals surface area (Å²) in [6, 6.07) is 19.6. The number of rotatable bonds is 7. The van der Waals surface area contributed by atoms with Gasteiger partial charge in [0.1, 0.15) is 17.2 Å². The van der Waals surface area contributed by atoms with Gasteiger partial charge in [-0.2, -0.15) is 0 Å². The van der Waals surface area contributed by atoms with Crippen LogP contribution in [0.4, 0.5) is 5.69 Å². The first kappa shape index (κ1) is 21.4. The molecular weight excluding hydrogens is 436 g/mol. The standard InChI is InChI=1S/C26H22N2O6/c1-31-19-9-5-3-7-16(19)14-28-25(29)23(18-8-4-6-10-20(18)32-2)24(26(28)30)27-17-11-12-21-22(13-17)34-15-33-21/h3-13,27H,14-15H2,1-2H3. The Balaban J connectivity index is 1.57. The Morgan fingerprint density at radius 3 is 2.35 bits per heavy atom. The SMILES string of the molecule is COc1ccccc1CN1C(=O)C(Nc2ccc3c(c2)OCO3)=C(c2ccccc2OC)C1=O. The van der Waals surface area contributed by atoms with E-state index >= 15 is 0 Å². The normalized spacial score (nSPS) is 14.6. The molecule has 2 amide bonds. The molecule has 172 valence electrons. The fourth-order valence-corrected chi connectivity index (χ4v) is 4.06. The van der Waals surface area contributed by atoms with Crippen LogP contribution in [0.15, 0.2) is 72.4 Å². The second-order valence-corrected chi connectivity index (χ2v) is 7.65. The van der Waals surface area contributed by atoms with Gasteiger partial charge in [-0.3, -0.25) is 14.5 Å². The van der Waals surface area contributed by atoms with Crippen molar-refractivity contribution in [1.82, 2.24) is 4.90 Å². The quantitative estimate of drug-likeness (QED) is 0.539. The summed E-state index contributed by atoms with van der Waals surface area (Å²) in [5.74, 6) is 1.39. The van der Waals surface area contributed by atoms with Gasteiger partial charge >= 0.3 is 0 Å². The maximum Gasteiger partial charge on any atom is 0.278 e. The maximum atomic E-state index is 13.6. The van der Waals surface area contributed by atoms with Crippen molar-refractivity contribution in [3.05, 3.63) is 83.6 Å². The van der Waals surface area contributed by atoms with Gasteiger partial charge in [0.15, 0.2) is 11.5 Å². The first-order chi connectivity index (χ1) is 16.6. The zero-order valence-corrected chi connectivity index (χ0v) is 18.7. The number of fused-ring (bicyclic) bond motifs is 1. The van der Waals surface area contributed by atoms with Gasteiger partial charge in [0.25, 0.3) is 11.8 Å². The monoisotopic (exact) mass is 458 g/mol. The lowest BCUT2D eigenvalue weighted by Gasteiger charge is -2.17. The van der Waals surface area contributed by atoms with E-state index in [4.69, 9.17) is 18.9 Å². The van der Waals surface area contributed by atoms with Crippen LogP contribution in [0.25, 0.3) is 5.57 Å². The van der Waals surface area contributed by atoms with Crippen molar-refractivity contribution in [2.45, 2.75) is 6.54 Å². The van der Waals surface area contributed by atoms with E-state index in [0.717, 1.165) is 5.56 Å². The molecule has 34 heavy (non-hydrogen) atoms. The van der Waals surface area contributed by atoms with Crippen LogP contribution in [0.2, 0.25) is 0 Å². The first-order valence-electron chi connectivity index (χ1n) is 10.6. The van der Waals surface area contributed by atoms with Gasteiger partial charge in [-0.15, -0.1) is 0 Å². The van der Waals surface area contributed by atoms with E-state index in [1.165, 1.54) is 12.0 Å². The Bertz CT molecular complexity index is 1320. The van der Waals surface area contributed by atoms with Gasteiger partial charge in [0.2, 0.25) is 6.79 Å². The van der Waals surface area contributed by atoms with Crippen LogP contribution in [-0.4, -0.2) is 37.7 Å². The minimum absolute atomic E-state index is 0.0622. The van der Waals surface area contributed by atoms with Gasteiger partial charge in [-0.05, 0) is 24.3 Å². The van der Waals surface area contributed by atoms with E-state index < -0.39 is 11.8 Å². The van der Waals surface area contributed by atoms with Gasteiger partial charge in [0.05, 0.1) is 26.3 Å². The van der Waals surface area contributed by atoms with Crippen molar-refractivity contribution in [1.29, 1.82) is 0 Å². The van der Waals surface area contributed by atoms with Crippen LogP contribution in [0.3, 0.4) is 0 Å². The minimum atomic E-state index is -0.450. The average molecular weight is 458 g/mol. The smallest absolute Gasteiger partial charge is 0.278 e. The number of hydrogen-bond donors (Lipinski definition) is 1. The van der Waals surface area contributed by atoms with Gasteiger partial charge in [-0.25, -0.2) is 0 Å². The van der Waals surface area contributed by atoms with E-state index in [9.17, 15) is 9.59 Å². The topological polar surface area (TPSA) is 86.3 Å². The molecule has 0 unspecified atom stereocenters. The second-order valence-electron chi connectivity index (χ2n) is 7.65. The molecule has 0 bridgehead atoms. The number of hydrogen-bond acceptors (Lipinski definition) is 7. The molecule has 8 nitrogen and oxygen atoms in total. The summed E-state index contributed by atoms with van der Waals surface area (Å²) >= 11 is 0. The third kappa shape index (κ3) is 3.69. The lowest BCUT2D eigenvalue weighted by atomic mass is 10.0. The van der Waals surface area contributed by atoms with E-state index in [2.05, 4.69) is 5.32 Å². The number of anilines is 1. The molecule has 0 radical (unpaired) electrons. The highest BCUT2D eigenvalue weighted by atomic mass is 16.7. The number of amides is 2. The summed E-state index contributed by atoms with van der Waals surface area (Å²) < 4.78 is 21.7. The molecule has 2 heterocycles. The Morgan fingerprint density at radius 1 is 0.853 bits per heavy atom. The molecule has 0 aliphatic carbocycles. The molecule has 2 aliphatic heterocycles. The first-order valence-corrected chi connectivity index (χ1v) is 10.6. The van der Waals surface area contributed by atoms with Crippen molar-refractivity contribution < 1.29 is 28.5 Å². The van der Waals surface area contributed by atoms with Gasteiger partial charge in [-0.1, -0.05) is 36.4 Å². The Morgan fingerprint density at radius 2 is 1.56 bits per heavy atom. The van der Waals surface area contributed by atoms with Gasteiger partial charge in [0, 0.05) is 22.9 Å². The molecule has 0 atom stereocenters. The zero-order chi connectivity index (χ0) is 23.7. The van der Waals surface area contributed by atoms with Crippen molar-refractivity contribution in [3.63, 3.8) is 0 Å². The molecule has 1 N–H and O–H groups in total. The number of nitrogens with zero attached hydrogens (tertiary/aromatic N) is 1. The molecule has 0 saturated heterocycles. The molecule has 0 aromatic heterocycles. The summed E-state index contributed by atoms with van der Waals surface area (Å²) in [5, 5.41) is 3.14. The Hall–Kier alpha value is -4.46. The van der Waals surface area contributed by atoms with Crippen LogP contribution >= 0.6 is 0 Å². The molecule has 0 saturated carbocycles. The molecule has 3 aromatic rings. The largest absolute Gasteiger partial charge is 0.496 e. The molecule has 2 aliphatic rings. The summed E-state index contributed by atoms with van der Waals surface area (Å²) in [5.41, 5.74) is 2.22. The number of ether oxygens (including phenoxy) is 4. The third-order valence-corrected chi connectivity index (χ3v) is 5.71. The third-order valence-electron chi connectivity index (χ3n) is 5.71. The zero-order valence-electron chi connectivity index (χ0n) is 18.7. The van der Waals surface area contributed by atoms with E-state index in [1.54, 1.807) is 49.6 Å². The molecular formula is C26H22N2O6. The second kappa shape index (κ2) is 8.82. The number of benzene rings is 3. The number of carbonyl (C=O) groups is 2. The molecule has 3 aromatic carbocycles. The van der Waals surface area contributed by atoms with Crippen molar-refractivity contribution in [3.8, 4) is 23.0 Å². The van der Waals surface area contributed by atoms with Gasteiger partial charge < -0.3 is 24.3 Å². The Kier molecular flexibility index (Phi) is 5.55. The fraction of sp³-hybridized carbons (Fsp3) is 0.154. The minimum Gasteiger partial charge on any atom is -0.496 e. The van der Waals surface area contributed by atoms with Crippen LogP contribution in [0, 0.1) is 0 Å². The molecule has 0 fully saturated rings. The lowest BCUT2D eigenvalue weighted by Crippen LogP contribution is -2.32. The summed E-state index contributed by atoms with van der Waals surface area (Å²) in [6.45, 7) is 0.199. The lowest BCUT2D eigenvalue weighted by molar-refractivity contribution is -0.137. The number of nitrogens with one attached hydrogen (secondary N) is 1. The highest BCUT2D eigenvalue weighted by molar-refractivity contribution is 6.37. The van der Waals surface area contributed by atoms with E-state index in [1.807, 2.05) is 24.3 Å². The summed E-state index contributed by atoms with van der Waals surface area (Å²) in [6.07, 6.45) is 0. The average Bonchev–Trinajstić information content (AvgIpc) is 3.42. The van der Waals surface area contributed by atoms with E-state index in [0.29, 0.717) is 34.2 Å². The Labute approximate surface area is 196 Å². The van der Waals surface area contributed by atoms with Crippen molar-refractivity contribution >= 4 is 23.1 Å². The number of carbonyl (C=O) groups excluding carboxylic acids is 2. The molecule has 8 heteroatoms. The fourth-order valence-electron chi connectivity index (χ4n) is 4.06. The summed E-state index contributed by atoms with van der Waals surface area (Å²) in [4.78, 5) is 28.4.